The second-order valence-electron chi connectivity index (χ2n) is 6.36. The van der Waals surface area contributed by atoms with Crippen molar-refractivity contribution >= 4 is 39.1 Å². The third-order valence-electron chi connectivity index (χ3n) is 4.20. The zero-order valence-electron chi connectivity index (χ0n) is 17.6. The first-order valence-corrected chi connectivity index (χ1v) is 12.1. The van der Waals surface area contributed by atoms with Crippen LogP contribution in [-0.4, -0.2) is 50.2 Å². The molecule has 0 saturated heterocycles. The number of aromatic nitrogens is 2. The van der Waals surface area contributed by atoms with Gasteiger partial charge in [-0.15, -0.1) is 10.2 Å². The van der Waals surface area contributed by atoms with E-state index in [2.05, 4.69) is 20.2 Å². The molecule has 0 aliphatic heterocycles. The van der Waals surface area contributed by atoms with E-state index in [9.17, 15) is 13.2 Å². The van der Waals surface area contributed by atoms with Crippen LogP contribution in [0.25, 0.3) is 11.5 Å². The first-order valence-electron chi connectivity index (χ1n) is 9.42. The third-order valence-corrected chi connectivity index (χ3v) is 6.33. The first kappa shape index (κ1) is 23.4. The zero-order valence-corrected chi connectivity index (χ0v) is 19.2. The summed E-state index contributed by atoms with van der Waals surface area (Å²) in [4.78, 5) is 12.3. The van der Waals surface area contributed by atoms with Crippen molar-refractivity contribution in [2.45, 2.75) is 12.1 Å². The molecule has 0 aliphatic rings. The number of amides is 1. The monoisotopic (exact) mass is 478 g/mol. The van der Waals surface area contributed by atoms with Gasteiger partial charge in [0, 0.05) is 17.3 Å². The van der Waals surface area contributed by atoms with Crippen molar-refractivity contribution in [2.75, 3.05) is 35.8 Å². The second kappa shape index (κ2) is 10.4. The molecule has 12 heteroatoms. The standard InChI is InChI=1S/C20H22N4O6S2/c1-4-32(26,27)24-14-7-5-13(6-8-14)19-22-23-20(30-19)31-12-18(25)21-16-10-9-15(28-2)11-17(16)29-3/h5-11,24H,4,12H2,1-3H3,(H,21,25). The Hall–Kier alpha value is -3.25. The van der Waals surface area contributed by atoms with Gasteiger partial charge in [0.05, 0.1) is 31.4 Å². The molecule has 0 aliphatic carbocycles. The highest BCUT2D eigenvalue weighted by molar-refractivity contribution is 7.99. The Morgan fingerprint density at radius 1 is 1.09 bits per heavy atom. The number of rotatable bonds is 10. The average Bonchev–Trinajstić information content (AvgIpc) is 3.27. The van der Waals surface area contributed by atoms with Crippen LogP contribution in [0.5, 0.6) is 11.5 Å². The topological polar surface area (TPSA) is 133 Å². The smallest absolute Gasteiger partial charge is 0.277 e. The molecule has 32 heavy (non-hydrogen) atoms. The van der Waals surface area contributed by atoms with E-state index in [4.69, 9.17) is 13.9 Å². The van der Waals surface area contributed by atoms with Gasteiger partial charge in [0.15, 0.2) is 0 Å². The van der Waals surface area contributed by atoms with E-state index in [-0.39, 0.29) is 28.5 Å². The molecule has 10 nitrogen and oxygen atoms in total. The van der Waals surface area contributed by atoms with Gasteiger partial charge in [0.2, 0.25) is 21.8 Å². The van der Waals surface area contributed by atoms with Crippen LogP contribution < -0.4 is 19.5 Å². The number of hydrogen-bond donors (Lipinski definition) is 2. The van der Waals surface area contributed by atoms with Crippen molar-refractivity contribution in [3.63, 3.8) is 0 Å². The molecule has 0 bridgehead atoms. The number of sulfonamides is 1. The Morgan fingerprint density at radius 2 is 1.84 bits per heavy atom. The average molecular weight is 479 g/mol. The van der Waals surface area contributed by atoms with Crippen molar-refractivity contribution in [1.29, 1.82) is 0 Å². The molecule has 0 radical (unpaired) electrons. The summed E-state index contributed by atoms with van der Waals surface area (Å²) in [6.07, 6.45) is 0. The molecular formula is C20H22N4O6S2. The minimum Gasteiger partial charge on any atom is -0.497 e. The predicted octanol–water partition coefficient (Wildman–Crippen LogP) is 3.25. The van der Waals surface area contributed by atoms with Gasteiger partial charge in [-0.3, -0.25) is 9.52 Å². The summed E-state index contributed by atoms with van der Waals surface area (Å²) in [7, 11) is -0.298. The van der Waals surface area contributed by atoms with Gasteiger partial charge in [-0.1, -0.05) is 11.8 Å². The normalized spacial score (nSPS) is 11.1. The van der Waals surface area contributed by atoms with Crippen LogP contribution in [0.15, 0.2) is 52.1 Å². The van der Waals surface area contributed by atoms with Crippen LogP contribution in [0.2, 0.25) is 0 Å². The van der Waals surface area contributed by atoms with Gasteiger partial charge in [0.1, 0.15) is 11.5 Å². The van der Waals surface area contributed by atoms with Gasteiger partial charge in [-0.25, -0.2) is 8.42 Å². The Balaban J connectivity index is 1.58. The zero-order chi connectivity index (χ0) is 23.1. The fourth-order valence-electron chi connectivity index (χ4n) is 2.53. The lowest BCUT2D eigenvalue weighted by atomic mass is 10.2. The van der Waals surface area contributed by atoms with Crippen LogP contribution in [0.1, 0.15) is 6.92 Å². The minimum absolute atomic E-state index is 0.0161. The summed E-state index contributed by atoms with van der Waals surface area (Å²) in [5.74, 6) is 1.11. The molecule has 0 fully saturated rings. The van der Waals surface area contributed by atoms with E-state index in [1.54, 1.807) is 56.5 Å². The van der Waals surface area contributed by atoms with Crippen LogP contribution in [-0.2, 0) is 14.8 Å². The van der Waals surface area contributed by atoms with E-state index >= 15 is 0 Å². The SMILES string of the molecule is CCS(=O)(=O)Nc1ccc(-c2nnc(SCC(=O)Nc3ccc(OC)cc3OC)o2)cc1. The Morgan fingerprint density at radius 3 is 2.50 bits per heavy atom. The number of carbonyl (C=O) groups excluding carboxylic acids is 1. The number of ether oxygens (including phenoxy) is 2. The number of carbonyl (C=O) groups is 1. The molecule has 0 unspecified atom stereocenters. The molecule has 2 aromatic carbocycles. The maximum Gasteiger partial charge on any atom is 0.277 e. The van der Waals surface area contributed by atoms with Gasteiger partial charge in [-0.05, 0) is 43.3 Å². The van der Waals surface area contributed by atoms with Crippen molar-refractivity contribution < 1.29 is 27.1 Å². The Labute approximate surface area is 189 Å². The molecule has 2 N–H and O–H groups in total. The lowest BCUT2D eigenvalue weighted by Crippen LogP contribution is -2.14. The van der Waals surface area contributed by atoms with Gasteiger partial charge in [0.25, 0.3) is 5.22 Å². The molecule has 1 heterocycles. The number of thioether (sulfide) groups is 1. The molecule has 170 valence electrons. The lowest BCUT2D eigenvalue weighted by Gasteiger charge is -2.11. The van der Waals surface area contributed by atoms with E-state index < -0.39 is 10.0 Å². The van der Waals surface area contributed by atoms with Crippen molar-refractivity contribution in [3.05, 3.63) is 42.5 Å². The van der Waals surface area contributed by atoms with Crippen molar-refractivity contribution in [3.8, 4) is 23.0 Å². The van der Waals surface area contributed by atoms with Gasteiger partial charge < -0.3 is 19.2 Å². The molecule has 0 spiro atoms. The number of benzene rings is 2. The summed E-state index contributed by atoms with van der Waals surface area (Å²) >= 11 is 1.09. The van der Waals surface area contributed by atoms with Crippen LogP contribution in [0.3, 0.4) is 0 Å². The van der Waals surface area contributed by atoms with Crippen LogP contribution in [0, 0.1) is 0 Å². The highest BCUT2D eigenvalue weighted by Crippen LogP contribution is 2.30. The molecule has 3 aromatic rings. The molecule has 0 saturated carbocycles. The molecule has 0 atom stereocenters. The summed E-state index contributed by atoms with van der Waals surface area (Å²) < 4.78 is 41.7. The van der Waals surface area contributed by atoms with E-state index in [1.165, 1.54) is 7.11 Å². The van der Waals surface area contributed by atoms with Crippen LogP contribution in [0.4, 0.5) is 11.4 Å². The predicted molar refractivity (Wildman–Crippen MR) is 122 cm³/mol. The fraction of sp³-hybridized carbons (Fsp3) is 0.250. The van der Waals surface area contributed by atoms with E-state index in [0.717, 1.165) is 11.8 Å². The minimum atomic E-state index is -3.35. The summed E-state index contributed by atoms with van der Waals surface area (Å²) in [5, 5.41) is 10.9. The summed E-state index contributed by atoms with van der Waals surface area (Å²) in [6, 6.07) is 11.6. The third kappa shape index (κ3) is 6.14. The van der Waals surface area contributed by atoms with E-state index in [1.807, 2.05) is 0 Å². The van der Waals surface area contributed by atoms with Crippen LogP contribution >= 0.6 is 11.8 Å². The maximum atomic E-state index is 12.3. The van der Waals surface area contributed by atoms with Gasteiger partial charge in [-0.2, -0.15) is 0 Å². The number of anilines is 2. The molecule has 3 rings (SSSR count). The Kier molecular flexibility index (Phi) is 7.59. The highest BCUT2D eigenvalue weighted by Gasteiger charge is 2.14. The van der Waals surface area contributed by atoms with E-state index in [0.29, 0.717) is 28.4 Å². The molecule has 1 aromatic heterocycles. The highest BCUT2D eigenvalue weighted by atomic mass is 32.2. The van der Waals surface area contributed by atoms with Gasteiger partial charge >= 0.3 is 0 Å². The number of methoxy groups -OCH3 is 2. The number of hydrogen-bond acceptors (Lipinski definition) is 9. The second-order valence-corrected chi connectivity index (χ2v) is 9.30. The number of nitrogens with zero attached hydrogens (tertiary/aromatic N) is 2. The van der Waals surface area contributed by atoms with Crippen molar-refractivity contribution in [1.82, 2.24) is 10.2 Å². The fourth-order valence-corrected chi connectivity index (χ4v) is 3.74. The maximum absolute atomic E-state index is 12.3. The Bertz CT molecular complexity index is 1180. The quantitative estimate of drug-likeness (QED) is 0.421. The summed E-state index contributed by atoms with van der Waals surface area (Å²) in [6.45, 7) is 1.56. The first-order chi connectivity index (χ1) is 15.3. The number of nitrogens with one attached hydrogen (secondary N) is 2. The molecule has 1 amide bonds. The lowest BCUT2D eigenvalue weighted by molar-refractivity contribution is -0.113. The molecular weight excluding hydrogens is 456 g/mol. The summed E-state index contributed by atoms with van der Waals surface area (Å²) in [5.41, 5.74) is 1.58. The van der Waals surface area contributed by atoms with Crippen molar-refractivity contribution in [2.24, 2.45) is 0 Å². The largest absolute Gasteiger partial charge is 0.497 e.